The highest BCUT2D eigenvalue weighted by atomic mass is 32.2. The zero-order valence-electron chi connectivity index (χ0n) is 19.1. The second kappa shape index (κ2) is 10.1. The number of hydrogen-bond donors (Lipinski definition) is 2. The molecule has 2 N–H and O–H groups in total. The van der Waals surface area contributed by atoms with Crippen molar-refractivity contribution >= 4 is 29.5 Å². The third-order valence-corrected chi connectivity index (χ3v) is 6.43. The fourth-order valence-electron chi connectivity index (χ4n) is 3.74. The molecule has 0 spiro atoms. The molecule has 34 heavy (non-hydrogen) atoms. The molecule has 10 heteroatoms. The number of thioether (sulfide) groups is 1. The Morgan fingerprint density at radius 2 is 1.91 bits per heavy atom. The molecule has 4 rings (SSSR count). The number of rotatable bonds is 8. The molecule has 2 aromatic carbocycles. The largest absolute Gasteiger partial charge is 0.497 e. The lowest BCUT2D eigenvalue weighted by Gasteiger charge is -2.23. The number of aryl methyl sites for hydroxylation is 2. The van der Waals surface area contributed by atoms with Crippen LogP contribution in [0.3, 0.4) is 0 Å². The predicted molar refractivity (Wildman–Crippen MR) is 128 cm³/mol. The van der Waals surface area contributed by atoms with E-state index in [1.807, 2.05) is 36.6 Å². The van der Waals surface area contributed by atoms with E-state index in [0.29, 0.717) is 28.7 Å². The van der Waals surface area contributed by atoms with E-state index in [2.05, 4.69) is 20.8 Å². The Hall–Kier alpha value is -3.66. The van der Waals surface area contributed by atoms with Gasteiger partial charge in [0.15, 0.2) is 10.9 Å². The van der Waals surface area contributed by atoms with Gasteiger partial charge in [0.2, 0.25) is 5.91 Å². The number of methoxy groups -OCH3 is 1. The average molecular weight is 480 g/mol. The van der Waals surface area contributed by atoms with Gasteiger partial charge in [-0.1, -0.05) is 23.9 Å². The van der Waals surface area contributed by atoms with Crippen LogP contribution in [0.15, 0.2) is 47.6 Å². The van der Waals surface area contributed by atoms with Crippen LogP contribution in [-0.4, -0.2) is 51.4 Å². The van der Waals surface area contributed by atoms with Crippen molar-refractivity contribution < 1.29 is 19.1 Å². The van der Waals surface area contributed by atoms with E-state index in [1.54, 1.807) is 31.4 Å². The minimum absolute atomic E-state index is 0.0408. The first-order valence-corrected chi connectivity index (χ1v) is 11.7. The van der Waals surface area contributed by atoms with Crippen LogP contribution in [0.1, 0.15) is 33.7 Å². The highest BCUT2D eigenvalue weighted by Crippen LogP contribution is 2.27. The molecule has 1 unspecified atom stereocenters. The molecule has 1 saturated heterocycles. The summed E-state index contributed by atoms with van der Waals surface area (Å²) in [7, 11) is 1.58. The van der Waals surface area contributed by atoms with E-state index in [-0.39, 0.29) is 23.9 Å². The minimum atomic E-state index is -0.515. The Morgan fingerprint density at radius 3 is 2.62 bits per heavy atom. The fraction of sp³-hybridized carbons (Fsp3) is 0.292. The number of ketones is 1. The number of ether oxygens (including phenoxy) is 1. The Bertz CT molecular complexity index is 1220. The molecule has 1 aliphatic heterocycles. The quantitative estimate of drug-likeness (QED) is 0.377. The van der Waals surface area contributed by atoms with E-state index in [0.717, 1.165) is 16.8 Å². The highest BCUT2D eigenvalue weighted by Gasteiger charge is 2.27. The first kappa shape index (κ1) is 23.5. The molecule has 0 radical (unpaired) electrons. The van der Waals surface area contributed by atoms with Crippen LogP contribution < -0.4 is 15.4 Å². The second-order valence-corrected chi connectivity index (χ2v) is 9.03. The van der Waals surface area contributed by atoms with Crippen LogP contribution in [0.25, 0.3) is 5.69 Å². The lowest BCUT2D eigenvalue weighted by atomic mass is 10.1. The maximum atomic E-state index is 12.8. The Kier molecular flexibility index (Phi) is 6.97. The van der Waals surface area contributed by atoms with E-state index in [4.69, 9.17) is 4.74 Å². The van der Waals surface area contributed by atoms with Gasteiger partial charge in [-0.2, -0.15) is 0 Å². The van der Waals surface area contributed by atoms with Gasteiger partial charge in [0.1, 0.15) is 11.6 Å². The van der Waals surface area contributed by atoms with Crippen molar-refractivity contribution in [1.29, 1.82) is 0 Å². The van der Waals surface area contributed by atoms with Crippen LogP contribution in [-0.2, 0) is 11.2 Å². The first-order valence-electron chi connectivity index (χ1n) is 10.8. The average Bonchev–Trinajstić information content (AvgIpc) is 3.20. The molecule has 176 valence electrons. The van der Waals surface area contributed by atoms with E-state index >= 15 is 0 Å². The molecule has 1 aliphatic rings. The number of carbonyl (C=O) groups is 3. The number of urea groups is 1. The summed E-state index contributed by atoms with van der Waals surface area (Å²) in [5.41, 5.74) is 3.56. The Balaban J connectivity index is 1.61. The molecular weight excluding hydrogens is 454 g/mol. The summed E-state index contributed by atoms with van der Waals surface area (Å²) >= 11 is 1.30. The number of hydrogen-bond acceptors (Lipinski definition) is 7. The SMILES string of the molecule is COc1ccc(C(=O)CSc2nnc(CC3CC(=O)NC(=O)N3)n2-c2cc(C)ccc2C)cc1. The molecule has 3 amide bonds. The molecular formula is C24H25N5O4S. The van der Waals surface area contributed by atoms with Crippen LogP contribution in [0, 0.1) is 13.8 Å². The number of nitrogens with zero attached hydrogens (tertiary/aromatic N) is 3. The van der Waals surface area contributed by atoms with Crippen molar-refractivity contribution in [1.82, 2.24) is 25.4 Å². The lowest BCUT2D eigenvalue weighted by molar-refractivity contribution is -0.121. The summed E-state index contributed by atoms with van der Waals surface area (Å²) in [4.78, 5) is 36.3. The molecule has 1 atom stereocenters. The standard InChI is InChI=1S/C24H25N5O4S/c1-14-4-5-15(2)19(10-14)29-21(11-17-12-22(31)26-23(32)25-17)27-28-24(29)34-13-20(30)16-6-8-18(33-3)9-7-16/h4-10,17H,11-13H2,1-3H3,(H2,25,26,31,32). The molecule has 1 fully saturated rings. The zero-order chi connectivity index (χ0) is 24.2. The third kappa shape index (κ3) is 5.28. The molecule has 2 heterocycles. The number of Topliss-reactive ketones (excluding diaryl/α,β-unsaturated/α-hetero) is 1. The Morgan fingerprint density at radius 1 is 1.15 bits per heavy atom. The van der Waals surface area contributed by atoms with Gasteiger partial charge in [0, 0.05) is 24.4 Å². The van der Waals surface area contributed by atoms with Crippen LogP contribution in [0.2, 0.25) is 0 Å². The Labute approximate surface area is 201 Å². The maximum absolute atomic E-state index is 12.8. The van der Waals surface area contributed by atoms with Gasteiger partial charge in [-0.05, 0) is 55.3 Å². The van der Waals surface area contributed by atoms with Gasteiger partial charge in [-0.15, -0.1) is 10.2 Å². The first-order chi connectivity index (χ1) is 16.3. The van der Waals surface area contributed by atoms with Gasteiger partial charge in [0.25, 0.3) is 0 Å². The monoisotopic (exact) mass is 479 g/mol. The maximum Gasteiger partial charge on any atom is 0.321 e. The van der Waals surface area contributed by atoms with Gasteiger partial charge < -0.3 is 10.1 Å². The molecule has 0 bridgehead atoms. The van der Waals surface area contributed by atoms with Crippen molar-refractivity contribution in [3.8, 4) is 11.4 Å². The summed E-state index contributed by atoms with van der Waals surface area (Å²) in [6, 6.07) is 12.1. The van der Waals surface area contributed by atoms with Crippen molar-refractivity contribution in [3.63, 3.8) is 0 Å². The second-order valence-electron chi connectivity index (χ2n) is 8.09. The van der Waals surface area contributed by atoms with Crippen molar-refractivity contribution in [3.05, 3.63) is 65.0 Å². The highest BCUT2D eigenvalue weighted by molar-refractivity contribution is 7.99. The zero-order valence-corrected chi connectivity index (χ0v) is 19.9. The summed E-state index contributed by atoms with van der Waals surface area (Å²) in [5, 5.41) is 14.3. The van der Waals surface area contributed by atoms with Crippen molar-refractivity contribution in [2.45, 2.75) is 37.9 Å². The summed E-state index contributed by atoms with van der Waals surface area (Å²) < 4.78 is 7.06. The number of carbonyl (C=O) groups excluding carboxylic acids is 3. The van der Waals surface area contributed by atoms with Crippen molar-refractivity contribution in [2.75, 3.05) is 12.9 Å². The summed E-state index contributed by atoms with van der Waals surface area (Å²) in [5.74, 6) is 1.10. The summed E-state index contributed by atoms with van der Waals surface area (Å²) in [6.07, 6.45) is 0.482. The molecule has 3 aromatic rings. The minimum Gasteiger partial charge on any atom is -0.497 e. The molecule has 0 saturated carbocycles. The van der Waals surface area contributed by atoms with E-state index < -0.39 is 12.1 Å². The molecule has 1 aromatic heterocycles. The van der Waals surface area contributed by atoms with Crippen LogP contribution in [0.4, 0.5) is 4.79 Å². The van der Waals surface area contributed by atoms with Gasteiger partial charge in [-0.25, -0.2) is 4.79 Å². The van der Waals surface area contributed by atoms with Crippen molar-refractivity contribution in [2.24, 2.45) is 0 Å². The number of nitrogens with one attached hydrogen (secondary N) is 2. The lowest BCUT2D eigenvalue weighted by Crippen LogP contribution is -2.53. The molecule has 9 nitrogen and oxygen atoms in total. The van der Waals surface area contributed by atoms with Gasteiger partial charge in [0.05, 0.1) is 18.6 Å². The van der Waals surface area contributed by atoms with E-state index in [1.165, 1.54) is 11.8 Å². The predicted octanol–water partition coefficient (Wildman–Crippen LogP) is 3.01. The third-order valence-electron chi connectivity index (χ3n) is 5.50. The summed E-state index contributed by atoms with van der Waals surface area (Å²) in [6.45, 7) is 3.99. The smallest absolute Gasteiger partial charge is 0.321 e. The molecule has 0 aliphatic carbocycles. The van der Waals surface area contributed by atoms with Crippen LogP contribution >= 0.6 is 11.8 Å². The number of amides is 3. The van der Waals surface area contributed by atoms with Gasteiger partial charge >= 0.3 is 6.03 Å². The normalized spacial score (nSPS) is 15.6. The van der Waals surface area contributed by atoms with Crippen LogP contribution in [0.5, 0.6) is 5.75 Å². The number of aromatic nitrogens is 3. The number of imide groups is 1. The van der Waals surface area contributed by atoms with E-state index in [9.17, 15) is 14.4 Å². The van der Waals surface area contributed by atoms with Gasteiger partial charge in [-0.3, -0.25) is 19.5 Å². The topological polar surface area (TPSA) is 115 Å². The fourth-order valence-corrected chi connectivity index (χ4v) is 4.59. The number of benzene rings is 2.